The van der Waals surface area contributed by atoms with Crippen LogP contribution in [-0.2, 0) is 16.0 Å². The highest BCUT2D eigenvalue weighted by Crippen LogP contribution is 2.37. The first kappa shape index (κ1) is 21.0. The fourth-order valence-corrected chi connectivity index (χ4v) is 4.28. The third-order valence-electron chi connectivity index (χ3n) is 5.79. The molecule has 1 N–H and O–H groups in total. The lowest BCUT2D eigenvalue weighted by Gasteiger charge is -2.41. The molecule has 1 aromatic heterocycles. The Morgan fingerprint density at radius 1 is 1.23 bits per heavy atom. The summed E-state index contributed by atoms with van der Waals surface area (Å²) in [6.07, 6.45) is 1.01. The van der Waals surface area contributed by atoms with Crippen LogP contribution >= 0.6 is 0 Å². The first-order valence-electron chi connectivity index (χ1n) is 10.3. The zero-order chi connectivity index (χ0) is 22.0. The number of benzene rings is 2. The van der Waals surface area contributed by atoms with Crippen LogP contribution in [0.2, 0.25) is 0 Å². The molecule has 0 spiro atoms. The van der Waals surface area contributed by atoms with Crippen LogP contribution in [0.3, 0.4) is 0 Å². The number of carbonyl (C=O) groups excluding carboxylic acids is 2. The Labute approximate surface area is 178 Å². The maximum atomic E-state index is 14.4. The molecule has 1 amide bonds. The van der Waals surface area contributed by atoms with E-state index in [4.69, 9.17) is 4.74 Å². The number of nitrogens with one attached hydrogen (secondary N) is 1. The first-order valence-corrected chi connectivity index (χ1v) is 10.3. The second-order valence-corrected chi connectivity index (χ2v) is 7.86. The van der Waals surface area contributed by atoms with Crippen molar-refractivity contribution in [1.82, 2.24) is 15.1 Å². The van der Waals surface area contributed by atoms with E-state index in [9.17, 15) is 18.4 Å². The summed E-state index contributed by atoms with van der Waals surface area (Å²) in [5.41, 5.74) is 0.124. The van der Waals surface area contributed by atoms with E-state index in [0.29, 0.717) is 24.8 Å². The molecule has 1 saturated heterocycles. The summed E-state index contributed by atoms with van der Waals surface area (Å²) in [5.74, 6) is -2.18. The van der Waals surface area contributed by atoms with E-state index in [1.165, 1.54) is 12.1 Å². The van der Waals surface area contributed by atoms with Crippen molar-refractivity contribution in [2.45, 2.75) is 26.2 Å². The number of hydrogen-bond acceptors (Lipinski definition) is 4. The SMILES string of the molecule is CCOC(=O)[C@@]1(Cc2ccc(F)cc2F)CCCN(C(=O)c2n[nH]c3ccccc23)C1. The number of nitrogens with zero attached hydrogens (tertiary/aromatic N) is 2. The Kier molecular flexibility index (Phi) is 5.71. The lowest BCUT2D eigenvalue weighted by Crippen LogP contribution is -2.51. The van der Waals surface area contributed by atoms with Gasteiger partial charge in [-0.05, 0) is 43.9 Å². The predicted octanol–water partition coefficient (Wildman–Crippen LogP) is 3.87. The van der Waals surface area contributed by atoms with Crippen LogP contribution < -0.4 is 0 Å². The van der Waals surface area contributed by atoms with E-state index in [1.54, 1.807) is 11.8 Å². The molecule has 2 heterocycles. The smallest absolute Gasteiger partial charge is 0.314 e. The molecule has 1 atom stereocenters. The maximum absolute atomic E-state index is 14.4. The van der Waals surface area contributed by atoms with Crippen molar-refractivity contribution >= 4 is 22.8 Å². The van der Waals surface area contributed by atoms with Gasteiger partial charge in [-0.2, -0.15) is 5.10 Å². The molecule has 162 valence electrons. The van der Waals surface area contributed by atoms with E-state index in [2.05, 4.69) is 10.2 Å². The van der Waals surface area contributed by atoms with Crippen LogP contribution in [-0.4, -0.2) is 46.7 Å². The number of piperidine rings is 1. The second kappa shape index (κ2) is 8.45. The Morgan fingerprint density at radius 3 is 2.81 bits per heavy atom. The van der Waals surface area contributed by atoms with Gasteiger partial charge in [-0.25, -0.2) is 8.78 Å². The van der Waals surface area contributed by atoms with Crippen LogP contribution in [0.25, 0.3) is 10.9 Å². The molecule has 0 aliphatic carbocycles. The standard InChI is InChI=1S/C23H23F2N3O3/c1-2-31-22(30)23(13-15-8-9-16(24)12-18(15)25)10-5-11-28(14-23)21(29)20-17-6-3-4-7-19(17)26-27-20/h3-4,6-9,12H,2,5,10-11,13-14H2,1H3,(H,26,27)/t23-/m1/s1. The molecule has 0 radical (unpaired) electrons. The van der Waals surface area contributed by atoms with Crippen molar-refractivity contribution in [3.05, 3.63) is 65.4 Å². The van der Waals surface area contributed by atoms with Gasteiger partial charge in [0.15, 0.2) is 5.69 Å². The number of rotatable bonds is 5. The molecule has 31 heavy (non-hydrogen) atoms. The van der Waals surface area contributed by atoms with E-state index < -0.39 is 23.0 Å². The lowest BCUT2D eigenvalue weighted by molar-refractivity contribution is -0.158. The van der Waals surface area contributed by atoms with Crippen molar-refractivity contribution in [2.75, 3.05) is 19.7 Å². The third-order valence-corrected chi connectivity index (χ3v) is 5.79. The van der Waals surface area contributed by atoms with Crippen molar-refractivity contribution in [3.63, 3.8) is 0 Å². The van der Waals surface area contributed by atoms with Gasteiger partial charge in [-0.15, -0.1) is 0 Å². The topological polar surface area (TPSA) is 75.3 Å². The number of halogens is 2. The molecular weight excluding hydrogens is 404 g/mol. The highest BCUT2D eigenvalue weighted by molar-refractivity contribution is 6.04. The minimum absolute atomic E-state index is 0.0169. The highest BCUT2D eigenvalue weighted by atomic mass is 19.1. The zero-order valence-corrected chi connectivity index (χ0v) is 17.2. The van der Waals surface area contributed by atoms with Gasteiger partial charge in [0, 0.05) is 24.5 Å². The summed E-state index contributed by atoms with van der Waals surface area (Å²) < 4.78 is 33.1. The number of H-pyrrole nitrogens is 1. The number of hydrogen-bond donors (Lipinski definition) is 1. The van der Waals surface area contributed by atoms with Gasteiger partial charge in [0.05, 0.1) is 17.5 Å². The second-order valence-electron chi connectivity index (χ2n) is 7.86. The summed E-state index contributed by atoms with van der Waals surface area (Å²) in [4.78, 5) is 27.8. The molecule has 3 aromatic rings. The van der Waals surface area contributed by atoms with E-state index in [-0.39, 0.29) is 36.7 Å². The van der Waals surface area contributed by atoms with Gasteiger partial charge in [-0.1, -0.05) is 24.3 Å². The third kappa shape index (κ3) is 4.02. The van der Waals surface area contributed by atoms with E-state index >= 15 is 0 Å². The summed E-state index contributed by atoms with van der Waals surface area (Å²) in [5, 5.41) is 7.72. The first-order chi connectivity index (χ1) is 14.9. The normalized spacial score (nSPS) is 18.9. The maximum Gasteiger partial charge on any atom is 0.314 e. The van der Waals surface area contributed by atoms with E-state index in [0.717, 1.165) is 11.6 Å². The number of para-hydroxylation sites is 1. The molecule has 1 aliphatic rings. The number of carbonyl (C=O) groups is 2. The van der Waals surface area contributed by atoms with Crippen LogP contribution in [0.1, 0.15) is 35.8 Å². The minimum atomic E-state index is -1.12. The van der Waals surface area contributed by atoms with Crippen LogP contribution in [0.15, 0.2) is 42.5 Å². The molecule has 8 heteroatoms. The molecule has 1 fully saturated rings. The Bertz CT molecular complexity index is 1130. The van der Waals surface area contributed by atoms with Gasteiger partial charge in [0.1, 0.15) is 11.6 Å². The van der Waals surface area contributed by atoms with Crippen LogP contribution in [0, 0.1) is 17.0 Å². The minimum Gasteiger partial charge on any atom is -0.466 e. The summed E-state index contributed by atoms with van der Waals surface area (Å²) in [6.45, 7) is 2.39. The van der Waals surface area contributed by atoms with Crippen molar-refractivity contribution < 1.29 is 23.1 Å². The molecule has 0 bridgehead atoms. The number of ether oxygens (including phenoxy) is 1. The quantitative estimate of drug-likeness (QED) is 0.628. The van der Waals surface area contributed by atoms with Crippen molar-refractivity contribution in [1.29, 1.82) is 0 Å². The fraction of sp³-hybridized carbons (Fsp3) is 0.348. The molecule has 0 unspecified atom stereocenters. The van der Waals surface area contributed by atoms with Gasteiger partial charge >= 0.3 is 5.97 Å². The largest absolute Gasteiger partial charge is 0.466 e. The molecule has 4 rings (SSSR count). The lowest BCUT2D eigenvalue weighted by atomic mass is 9.74. The highest BCUT2D eigenvalue weighted by Gasteiger charge is 2.45. The average molecular weight is 427 g/mol. The molecule has 6 nitrogen and oxygen atoms in total. The monoisotopic (exact) mass is 427 g/mol. The summed E-state index contributed by atoms with van der Waals surface area (Å²) in [6, 6.07) is 10.6. The Hall–Kier alpha value is -3.29. The molecule has 1 aliphatic heterocycles. The number of esters is 1. The zero-order valence-electron chi connectivity index (χ0n) is 17.2. The number of amides is 1. The van der Waals surface area contributed by atoms with Gasteiger partial charge in [0.2, 0.25) is 0 Å². The van der Waals surface area contributed by atoms with Gasteiger partial charge < -0.3 is 9.64 Å². The predicted molar refractivity (Wildman–Crippen MR) is 110 cm³/mol. The molecule has 2 aromatic carbocycles. The van der Waals surface area contributed by atoms with Gasteiger partial charge in [-0.3, -0.25) is 14.7 Å². The average Bonchev–Trinajstić information content (AvgIpc) is 3.20. The summed E-state index contributed by atoms with van der Waals surface area (Å²) >= 11 is 0. The van der Waals surface area contributed by atoms with Crippen molar-refractivity contribution in [3.8, 4) is 0 Å². The van der Waals surface area contributed by atoms with Crippen molar-refractivity contribution in [2.24, 2.45) is 5.41 Å². The number of likely N-dealkylation sites (tertiary alicyclic amines) is 1. The Morgan fingerprint density at radius 2 is 2.03 bits per heavy atom. The van der Waals surface area contributed by atoms with Gasteiger partial charge in [0.25, 0.3) is 5.91 Å². The number of aromatic amines is 1. The van der Waals surface area contributed by atoms with E-state index in [1.807, 2.05) is 24.3 Å². The van der Waals surface area contributed by atoms with Crippen LogP contribution in [0.5, 0.6) is 0 Å². The molecule has 0 saturated carbocycles. The number of fused-ring (bicyclic) bond motifs is 1. The Balaban J connectivity index is 1.66. The molecular formula is C23H23F2N3O3. The van der Waals surface area contributed by atoms with Crippen LogP contribution in [0.4, 0.5) is 8.78 Å². The number of aromatic nitrogens is 2. The summed E-state index contributed by atoms with van der Waals surface area (Å²) in [7, 11) is 0. The fourth-order valence-electron chi connectivity index (χ4n) is 4.28.